The fourth-order valence-electron chi connectivity index (χ4n) is 3.45. The Labute approximate surface area is 159 Å². The van der Waals surface area contributed by atoms with Gasteiger partial charge in [-0.05, 0) is 68.3 Å². The molecule has 0 aliphatic rings. The van der Waals surface area contributed by atoms with Crippen molar-refractivity contribution in [1.82, 2.24) is 9.38 Å². The van der Waals surface area contributed by atoms with Crippen molar-refractivity contribution in [3.8, 4) is 17.0 Å². The van der Waals surface area contributed by atoms with Gasteiger partial charge >= 0.3 is 0 Å². The number of hydrogen-bond donors (Lipinski definition) is 1. The lowest BCUT2D eigenvalue weighted by molar-refractivity contribution is 0.415. The zero-order chi connectivity index (χ0) is 19.0. The second-order valence-corrected chi connectivity index (χ2v) is 6.79. The molecule has 0 saturated carbocycles. The Kier molecular flexibility index (Phi) is 4.32. The number of hydrogen-bond acceptors (Lipinski definition) is 3. The van der Waals surface area contributed by atoms with Gasteiger partial charge in [-0.15, -0.1) is 0 Å². The fraction of sp³-hybridized carbons (Fsp3) is 0.174. The van der Waals surface area contributed by atoms with E-state index < -0.39 is 0 Å². The predicted molar refractivity (Wildman–Crippen MR) is 111 cm³/mol. The Balaban J connectivity index is 1.93. The first-order chi connectivity index (χ1) is 13.1. The van der Waals surface area contributed by atoms with E-state index in [0.29, 0.717) is 0 Å². The maximum atomic E-state index is 5.30. The first kappa shape index (κ1) is 17.2. The molecule has 0 amide bonds. The molecule has 2 aromatic heterocycles. The number of pyridine rings is 1. The molecule has 0 fully saturated rings. The summed E-state index contributed by atoms with van der Waals surface area (Å²) in [5.74, 6) is 1.81. The molecule has 4 rings (SSSR count). The number of aryl methyl sites for hydroxylation is 3. The molecule has 4 heteroatoms. The summed E-state index contributed by atoms with van der Waals surface area (Å²) in [6.07, 6.45) is 0. The maximum Gasteiger partial charge on any atom is 0.143 e. The lowest BCUT2D eigenvalue weighted by atomic mass is 10.1. The van der Waals surface area contributed by atoms with Gasteiger partial charge in [0.1, 0.15) is 22.9 Å². The van der Waals surface area contributed by atoms with Crippen molar-refractivity contribution >= 4 is 17.2 Å². The average molecular weight is 357 g/mol. The number of ether oxygens (including phenoxy) is 1. The zero-order valence-corrected chi connectivity index (χ0v) is 16.1. The van der Waals surface area contributed by atoms with E-state index in [9.17, 15) is 0 Å². The van der Waals surface area contributed by atoms with Crippen LogP contribution in [0.25, 0.3) is 16.9 Å². The highest BCUT2D eigenvalue weighted by atomic mass is 16.5. The standard InChI is InChI=1S/C23H23N3O/c1-15-7-5-8-16(2)21(15)25-23-22(18-11-13-19(27-4)14-12-18)24-20-10-6-9-17(3)26(20)23/h5-14,25H,1-4H3. The predicted octanol–water partition coefficient (Wildman–Crippen LogP) is 5.68. The third kappa shape index (κ3) is 3.04. The molecule has 2 heterocycles. The van der Waals surface area contributed by atoms with Crippen LogP contribution in [0.4, 0.5) is 11.5 Å². The number of aromatic nitrogens is 2. The molecule has 4 aromatic rings. The van der Waals surface area contributed by atoms with Gasteiger partial charge in [-0.1, -0.05) is 24.3 Å². The van der Waals surface area contributed by atoms with Crippen molar-refractivity contribution in [3.63, 3.8) is 0 Å². The monoisotopic (exact) mass is 357 g/mol. The number of fused-ring (bicyclic) bond motifs is 1. The minimum absolute atomic E-state index is 0.836. The lowest BCUT2D eigenvalue weighted by Gasteiger charge is -2.15. The first-order valence-corrected chi connectivity index (χ1v) is 9.04. The van der Waals surface area contributed by atoms with Crippen molar-refractivity contribution in [3.05, 3.63) is 77.5 Å². The van der Waals surface area contributed by atoms with Crippen molar-refractivity contribution in [1.29, 1.82) is 0 Å². The van der Waals surface area contributed by atoms with E-state index in [1.165, 1.54) is 11.1 Å². The van der Waals surface area contributed by atoms with Gasteiger partial charge < -0.3 is 10.1 Å². The largest absolute Gasteiger partial charge is 0.497 e. The molecule has 2 aromatic carbocycles. The Hall–Kier alpha value is -3.27. The number of methoxy groups -OCH3 is 1. The number of nitrogens with one attached hydrogen (secondary N) is 1. The number of anilines is 2. The second-order valence-electron chi connectivity index (χ2n) is 6.79. The molecular weight excluding hydrogens is 334 g/mol. The van der Waals surface area contributed by atoms with Crippen molar-refractivity contribution in [2.75, 3.05) is 12.4 Å². The second kappa shape index (κ2) is 6.80. The van der Waals surface area contributed by atoms with Gasteiger partial charge in [-0.25, -0.2) is 4.98 Å². The summed E-state index contributed by atoms with van der Waals surface area (Å²) < 4.78 is 7.47. The summed E-state index contributed by atoms with van der Waals surface area (Å²) >= 11 is 0. The molecular formula is C23H23N3O. The average Bonchev–Trinajstić information content (AvgIpc) is 3.04. The van der Waals surface area contributed by atoms with Crippen LogP contribution in [0.2, 0.25) is 0 Å². The zero-order valence-electron chi connectivity index (χ0n) is 16.1. The van der Waals surface area contributed by atoms with Crippen molar-refractivity contribution in [2.24, 2.45) is 0 Å². The summed E-state index contributed by atoms with van der Waals surface area (Å²) in [6.45, 7) is 6.35. The number of para-hydroxylation sites is 1. The molecule has 1 N–H and O–H groups in total. The third-order valence-corrected chi connectivity index (χ3v) is 4.93. The highest BCUT2D eigenvalue weighted by Gasteiger charge is 2.17. The topological polar surface area (TPSA) is 38.6 Å². The van der Waals surface area contributed by atoms with Gasteiger partial charge in [-0.3, -0.25) is 4.40 Å². The molecule has 0 radical (unpaired) electrons. The van der Waals surface area contributed by atoms with E-state index in [1.54, 1.807) is 7.11 Å². The minimum Gasteiger partial charge on any atom is -0.497 e. The molecule has 4 nitrogen and oxygen atoms in total. The SMILES string of the molecule is COc1ccc(-c2nc3cccc(C)n3c2Nc2c(C)cccc2C)cc1. The Bertz CT molecular complexity index is 1090. The summed E-state index contributed by atoms with van der Waals surface area (Å²) in [5.41, 5.74) is 7.57. The van der Waals surface area contributed by atoms with Crippen LogP contribution in [0.1, 0.15) is 16.8 Å². The number of imidazole rings is 1. The van der Waals surface area contributed by atoms with E-state index in [2.05, 4.69) is 54.8 Å². The normalized spacial score (nSPS) is 11.0. The van der Waals surface area contributed by atoms with Gasteiger partial charge in [0, 0.05) is 16.9 Å². The van der Waals surface area contributed by atoms with Crippen LogP contribution in [0, 0.1) is 20.8 Å². The molecule has 27 heavy (non-hydrogen) atoms. The summed E-state index contributed by atoms with van der Waals surface area (Å²) in [5, 5.41) is 3.67. The van der Waals surface area contributed by atoms with Crippen LogP contribution in [0.5, 0.6) is 5.75 Å². The molecule has 0 aliphatic heterocycles. The van der Waals surface area contributed by atoms with Gasteiger partial charge in [-0.2, -0.15) is 0 Å². The van der Waals surface area contributed by atoms with Gasteiger partial charge in [0.15, 0.2) is 0 Å². The molecule has 0 bridgehead atoms. The van der Waals surface area contributed by atoms with E-state index in [4.69, 9.17) is 9.72 Å². The molecule has 0 atom stereocenters. The van der Waals surface area contributed by atoms with Crippen LogP contribution in [-0.4, -0.2) is 16.5 Å². The quantitative estimate of drug-likeness (QED) is 0.511. The van der Waals surface area contributed by atoms with E-state index in [1.807, 2.05) is 36.4 Å². The van der Waals surface area contributed by atoms with Crippen LogP contribution < -0.4 is 10.1 Å². The Morgan fingerprint density at radius 1 is 0.852 bits per heavy atom. The van der Waals surface area contributed by atoms with Crippen LogP contribution in [0.3, 0.4) is 0 Å². The van der Waals surface area contributed by atoms with Gasteiger partial charge in [0.2, 0.25) is 0 Å². The van der Waals surface area contributed by atoms with Crippen LogP contribution >= 0.6 is 0 Å². The summed E-state index contributed by atoms with van der Waals surface area (Å²) in [7, 11) is 1.68. The summed E-state index contributed by atoms with van der Waals surface area (Å²) in [6, 6.07) is 20.5. The third-order valence-electron chi connectivity index (χ3n) is 4.93. The smallest absolute Gasteiger partial charge is 0.143 e. The Morgan fingerprint density at radius 2 is 1.52 bits per heavy atom. The fourth-order valence-corrected chi connectivity index (χ4v) is 3.45. The minimum atomic E-state index is 0.836. The molecule has 0 saturated heterocycles. The number of benzene rings is 2. The molecule has 0 spiro atoms. The molecule has 0 unspecified atom stereocenters. The summed E-state index contributed by atoms with van der Waals surface area (Å²) in [4.78, 5) is 4.91. The highest BCUT2D eigenvalue weighted by molar-refractivity contribution is 5.81. The number of nitrogens with zero attached hydrogens (tertiary/aromatic N) is 2. The van der Waals surface area contributed by atoms with Crippen LogP contribution in [0.15, 0.2) is 60.7 Å². The van der Waals surface area contributed by atoms with Gasteiger partial charge in [0.05, 0.1) is 7.11 Å². The van der Waals surface area contributed by atoms with E-state index in [-0.39, 0.29) is 0 Å². The maximum absolute atomic E-state index is 5.30. The Morgan fingerprint density at radius 3 is 2.19 bits per heavy atom. The van der Waals surface area contributed by atoms with E-state index in [0.717, 1.165) is 39.9 Å². The highest BCUT2D eigenvalue weighted by Crippen LogP contribution is 2.34. The lowest BCUT2D eigenvalue weighted by Crippen LogP contribution is -2.02. The molecule has 136 valence electrons. The van der Waals surface area contributed by atoms with Crippen molar-refractivity contribution in [2.45, 2.75) is 20.8 Å². The first-order valence-electron chi connectivity index (χ1n) is 9.04. The van der Waals surface area contributed by atoms with E-state index >= 15 is 0 Å². The van der Waals surface area contributed by atoms with Crippen LogP contribution in [-0.2, 0) is 0 Å². The van der Waals surface area contributed by atoms with Gasteiger partial charge in [0.25, 0.3) is 0 Å². The molecule has 0 aliphatic carbocycles. The number of rotatable bonds is 4. The van der Waals surface area contributed by atoms with Crippen molar-refractivity contribution < 1.29 is 4.74 Å².